The van der Waals surface area contributed by atoms with Crippen molar-refractivity contribution in [1.82, 2.24) is 9.97 Å². The van der Waals surface area contributed by atoms with Crippen molar-refractivity contribution in [3.05, 3.63) is 60.1 Å². The molecule has 3 unspecified atom stereocenters. The van der Waals surface area contributed by atoms with E-state index < -0.39 is 60.3 Å². The molecule has 1 aromatic heterocycles. The van der Waals surface area contributed by atoms with E-state index in [0.717, 1.165) is 17.3 Å². The number of aliphatic hydroxyl groups excluding tert-OH is 3. The number of rotatable bonds is 5. The monoisotopic (exact) mass is 452 g/mol. The molecule has 7 atom stereocenters. The fraction of sp³-hybridized carbons (Fsp3) is 0.455. The molecular formula is C22H23F3N2O5. The van der Waals surface area contributed by atoms with Gasteiger partial charge in [0.2, 0.25) is 0 Å². The number of hydrogen-bond donors (Lipinski definition) is 4. The molecule has 1 aliphatic heterocycles. The molecule has 0 amide bonds. The maximum absolute atomic E-state index is 12.7. The van der Waals surface area contributed by atoms with Gasteiger partial charge in [-0.1, -0.05) is 18.2 Å². The molecule has 4 N–H and O–H groups in total. The van der Waals surface area contributed by atoms with Crippen LogP contribution in [0.5, 0.6) is 0 Å². The van der Waals surface area contributed by atoms with Crippen molar-refractivity contribution in [2.24, 2.45) is 11.8 Å². The highest BCUT2D eigenvalue weighted by Crippen LogP contribution is 2.56. The summed E-state index contributed by atoms with van der Waals surface area (Å²) in [7, 11) is 0. The Balaban J connectivity index is 1.60. The summed E-state index contributed by atoms with van der Waals surface area (Å²) < 4.78 is 43.8. The first-order valence-corrected chi connectivity index (χ1v) is 10.0. The molecule has 1 aromatic carbocycles. The topological polar surface area (TPSA) is 116 Å². The summed E-state index contributed by atoms with van der Waals surface area (Å²) in [6.07, 6.45) is -4.51. The highest BCUT2D eigenvalue weighted by molar-refractivity contribution is 5.60. The van der Waals surface area contributed by atoms with Gasteiger partial charge in [0, 0.05) is 11.5 Å². The van der Waals surface area contributed by atoms with E-state index in [-0.39, 0.29) is 5.69 Å². The van der Waals surface area contributed by atoms with Crippen molar-refractivity contribution in [2.75, 3.05) is 6.61 Å². The lowest BCUT2D eigenvalue weighted by Gasteiger charge is -2.52. The zero-order chi connectivity index (χ0) is 23.4. The molecule has 2 aromatic rings. The molecule has 4 rings (SSSR count). The van der Waals surface area contributed by atoms with Crippen LogP contribution >= 0.6 is 0 Å². The minimum Gasteiger partial charge on any atom is -0.396 e. The van der Waals surface area contributed by atoms with Gasteiger partial charge in [-0.2, -0.15) is 13.2 Å². The zero-order valence-corrected chi connectivity index (χ0v) is 17.1. The van der Waals surface area contributed by atoms with Crippen LogP contribution < -0.4 is 0 Å². The predicted octanol–water partition coefficient (Wildman–Crippen LogP) is 1.79. The number of aryl methyl sites for hydroxylation is 1. The van der Waals surface area contributed by atoms with Crippen LogP contribution in [-0.4, -0.2) is 61.1 Å². The van der Waals surface area contributed by atoms with E-state index in [4.69, 9.17) is 4.74 Å². The van der Waals surface area contributed by atoms with Gasteiger partial charge in [-0.15, -0.1) is 6.58 Å². The first-order valence-electron chi connectivity index (χ1n) is 10.0. The fourth-order valence-corrected chi connectivity index (χ4v) is 4.81. The Hall–Kier alpha value is -2.37. The van der Waals surface area contributed by atoms with E-state index in [9.17, 15) is 33.6 Å². The normalized spacial score (nSPS) is 32.8. The Morgan fingerprint density at radius 3 is 2.47 bits per heavy atom. The van der Waals surface area contributed by atoms with Crippen LogP contribution in [0.25, 0.3) is 11.3 Å². The summed E-state index contributed by atoms with van der Waals surface area (Å²) in [6.45, 7) is 5.09. The molecule has 0 radical (unpaired) electrons. The number of aromatic nitrogens is 2. The molecule has 2 heterocycles. The fourth-order valence-electron chi connectivity index (χ4n) is 4.81. The standard InChI is InChI=1S/C22H23F3N2O5/c1-3-12(20-17-19(30)18(29)14(9-28)21(17,31)32-20)13-5-4-11(6-10(13)2)15-7-27-16(8-26-15)22(23,24)25/h3-8,12,14,17-20,28-31H,1,9H2,2H3/t12-,14?,17?,18-,19?,20-,21-/m1/s1. The molecule has 1 saturated carbocycles. The molecule has 172 valence electrons. The number of halogens is 3. The van der Waals surface area contributed by atoms with E-state index in [2.05, 4.69) is 16.5 Å². The van der Waals surface area contributed by atoms with Gasteiger partial charge >= 0.3 is 6.18 Å². The summed E-state index contributed by atoms with van der Waals surface area (Å²) in [5.74, 6) is -4.13. The maximum atomic E-state index is 12.7. The van der Waals surface area contributed by atoms with Crippen molar-refractivity contribution in [2.45, 2.75) is 43.1 Å². The summed E-state index contributed by atoms with van der Waals surface area (Å²) in [6, 6.07) is 5.17. The third-order valence-corrected chi connectivity index (χ3v) is 6.49. The number of ether oxygens (including phenoxy) is 1. The quantitative estimate of drug-likeness (QED) is 0.511. The van der Waals surface area contributed by atoms with Crippen LogP contribution in [0.1, 0.15) is 22.7 Å². The van der Waals surface area contributed by atoms with Crippen LogP contribution in [0.4, 0.5) is 13.2 Å². The van der Waals surface area contributed by atoms with Gasteiger partial charge in [0.1, 0.15) is 0 Å². The van der Waals surface area contributed by atoms with Gasteiger partial charge < -0.3 is 25.2 Å². The van der Waals surface area contributed by atoms with Gasteiger partial charge in [0.15, 0.2) is 11.5 Å². The Kier molecular flexibility index (Phi) is 5.62. The Bertz CT molecular complexity index is 1020. The highest BCUT2D eigenvalue weighted by Gasteiger charge is 2.71. The molecule has 1 saturated heterocycles. The van der Waals surface area contributed by atoms with Crippen molar-refractivity contribution in [3.8, 4) is 11.3 Å². The van der Waals surface area contributed by atoms with Crippen LogP contribution in [0.2, 0.25) is 0 Å². The Labute approximate surface area is 181 Å². The third-order valence-electron chi connectivity index (χ3n) is 6.49. The van der Waals surface area contributed by atoms with E-state index in [1.807, 2.05) is 0 Å². The lowest BCUT2D eigenvalue weighted by atomic mass is 9.74. The van der Waals surface area contributed by atoms with Crippen molar-refractivity contribution in [1.29, 1.82) is 0 Å². The zero-order valence-electron chi connectivity index (χ0n) is 17.1. The molecule has 0 bridgehead atoms. The van der Waals surface area contributed by atoms with Crippen molar-refractivity contribution >= 4 is 0 Å². The van der Waals surface area contributed by atoms with E-state index in [0.29, 0.717) is 11.8 Å². The number of nitrogens with zero attached hydrogens (tertiary/aromatic N) is 2. The van der Waals surface area contributed by atoms with Crippen LogP contribution in [-0.2, 0) is 10.9 Å². The van der Waals surface area contributed by atoms with Crippen molar-refractivity contribution in [3.63, 3.8) is 0 Å². The van der Waals surface area contributed by atoms with Crippen molar-refractivity contribution < 1.29 is 38.3 Å². The van der Waals surface area contributed by atoms with Crippen LogP contribution in [0.3, 0.4) is 0 Å². The highest BCUT2D eigenvalue weighted by atomic mass is 19.4. The second-order valence-corrected chi connectivity index (χ2v) is 8.25. The summed E-state index contributed by atoms with van der Waals surface area (Å²) in [5.41, 5.74) is 1.30. The van der Waals surface area contributed by atoms with Gasteiger partial charge in [0.25, 0.3) is 0 Å². The Morgan fingerprint density at radius 1 is 1.22 bits per heavy atom. The van der Waals surface area contributed by atoms with E-state index in [1.165, 1.54) is 0 Å². The van der Waals surface area contributed by atoms with Gasteiger partial charge in [-0.25, -0.2) is 4.98 Å². The number of benzene rings is 1. The molecule has 10 heteroatoms. The first-order chi connectivity index (χ1) is 15.0. The molecular weight excluding hydrogens is 429 g/mol. The van der Waals surface area contributed by atoms with E-state index >= 15 is 0 Å². The lowest BCUT2D eigenvalue weighted by Crippen LogP contribution is -2.64. The minimum absolute atomic E-state index is 0.275. The minimum atomic E-state index is -4.57. The van der Waals surface area contributed by atoms with E-state index in [1.54, 1.807) is 31.2 Å². The summed E-state index contributed by atoms with van der Waals surface area (Å²) >= 11 is 0. The largest absolute Gasteiger partial charge is 0.434 e. The lowest BCUT2D eigenvalue weighted by molar-refractivity contribution is -0.382. The van der Waals surface area contributed by atoms with Crippen LogP contribution in [0.15, 0.2) is 43.2 Å². The second kappa shape index (κ2) is 7.89. The molecule has 1 aliphatic carbocycles. The van der Waals surface area contributed by atoms with Crippen LogP contribution in [0, 0.1) is 18.8 Å². The smallest absolute Gasteiger partial charge is 0.396 e. The first kappa shape index (κ1) is 22.8. The maximum Gasteiger partial charge on any atom is 0.434 e. The van der Waals surface area contributed by atoms with Gasteiger partial charge in [-0.3, -0.25) is 4.98 Å². The summed E-state index contributed by atoms with van der Waals surface area (Å²) in [4.78, 5) is 7.29. The number of fused-ring (bicyclic) bond motifs is 1. The molecule has 2 fully saturated rings. The third kappa shape index (κ3) is 3.43. The predicted molar refractivity (Wildman–Crippen MR) is 106 cm³/mol. The van der Waals surface area contributed by atoms with Gasteiger partial charge in [0.05, 0.1) is 54.8 Å². The number of alkyl halides is 3. The molecule has 7 nitrogen and oxygen atoms in total. The van der Waals surface area contributed by atoms with Gasteiger partial charge in [-0.05, 0) is 24.1 Å². The molecule has 2 aliphatic rings. The molecule has 0 spiro atoms. The number of aliphatic hydroxyl groups is 4. The average Bonchev–Trinajstić information content (AvgIpc) is 2.87. The molecule has 32 heavy (non-hydrogen) atoms. The SMILES string of the molecule is C=C[C@H](c1ccc(-c2cnc(C(F)(F)F)cn2)cc1C)[C@H]1O[C@]2(O)C(CO)[C@@H](O)C(O)C12. The Morgan fingerprint density at radius 2 is 1.94 bits per heavy atom. The number of hydrogen-bond acceptors (Lipinski definition) is 7. The average molecular weight is 452 g/mol. The summed E-state index contributed by atoms with van der Waals surface area (Å²) in [5, 5.41) is 40.8. The second-order valence-electron chi connectivity index (χ2n) is 8.25.